The largest absolute Gasteiger partial charge is 0.296 e. The Morgan fingerprint density at radius 2 is 1.81 bits per heavy atom. The Hall–Kier alpha value is -2.80. The number of anilines is 2. The van der Waals surface area contributed by atoms with Crippen molar-refractivity contribution in [3.05, 3.63) is 76.7 Å². The number of thioether (sulfide) groups is 1. The summed E-state index contributed by atoms with van der Waals surface area (Å²) in [6, 6.07) is 12.8. The summed E-state index contributed by atoms with van der Waals surface area (Å²) < 4.78 is 28.2. The average molecular weight is 490 g/mol. The predicted octanol–water partition coefficient (Wildman–Crippen LogP) is 4.34. The third kappa shape index (κ3) is 5.67. The fourth-order valence-electron chi connectivity index (χ4n) is 2.43. The smallest absolute Gasteiger partial charge is 0.261 e. The molecule has 8 nitrogen and oxygen atoms in total. The molecule has 0 radical (unpaired) electrons. The number of nitrogens with zero attached hydrogens (tertiary/aromatic N) is 3. The van der Waals surface area contributed by atoms with E-state index in [1.165, 1.54) is 52.9 Å². The standard InChI is InChI=1S/C19H15N5O3S4/c25-17(21-18-22-23-19(30-18)29-12-15-2-1-11-28-15)13-3-5-16(6-4-13)31(26,27)24-14-7-9-20-10-8-14/h1-11H,12H2,(H,20,24)(H,21,22,25). The lowest BCUT2D eigenvalue weighted by Crippen LogP contribution is -2.14. The van der Waals surface area contributed by atoms with Crippen LogP contribution >= 0.6 is 34.4 Å². The highest BCUT2D eigenvalue weighted by atomic mass is 32.2. The van der Waals surface area contributed by atoms with Gasteiger partial charge in [0.15, 0.2) is 4.34 Å². The number of rotatable bonds is 8. The van der Waals surface area contributed by atoms with Gasteiger partial charge in [-0.3, -0.25) is 19.8 Å². The molecule has 4 aromatic rings. The number of benzene rings is 1. The third-order valence-corrected chi connectivity index (χ3v) is 8.38. The van der Waals surface area contributed by atoms with Crippen LogP contribution in [0.3, 0.4) is 0 Å². The zero-order valence-electron chi connectivity index (χ0n) is 15.8. The molecule has 0 aliphatic rings. The monoisotopic (exact) mass is 489 g/mol. The van der Waals surface area contributed by atoms with Crippen LogP contribution in [-0.2, 0) is 15.8 Å². The molecule has 1 aromatic carbocycles. The van der Waals surface area contributed by atoms with Gasteiger partial charge in [-0.05, 0) is 47.8 Å². The van der Waals surface area contributed by atoms with Gasteiger partial charge in [-0.15, -0.1) is 21.5 Å². The van der Waals surface area contributed by atoms with Crippen molar-refractivity contribution in [2.24, 2.45) is 0 Å². The van der Waals surface area contributed by atoms with Crippen LogP contribution < -0.4 is 10.0 Å². The van der Waals surface area contributed by atoms with Gasteiger partial charge in [0.25, 0.3) is 15.9 Å². The van der Waals surface area contributed by atoms with E-state index in [0.29, 0.717) is 16.4 Å². The van der Waals surface area contributed by atoms with Crippen molar-refractivity contribution in [1.82, 2.24) is 15.2 Å². The zero-order chi connectivity index (χ0) is 21.7. The van der Waals surface area contributed by atoms with Crippen molar-refractivity contribution in [3.63, 3.8) is 0 Å². The summed E-state index contributed by atoms with van der Waals surface area (Å²) in [5, 5.41) is 13.2. The van der Waals surface area contributed by atoms with Gasteiger partial charge < -0.3 is 0 Å². The lowest BCUT2D eigenvalue weighted by Gasteiger charge is -2.08. The van der Waals surface area contributed by atoms with E-state index < -0.39 is 15.9 Å². The highest BCUT2D eigenvalue weighted by Crippen LogP contribution is 2.29. The number of sulfonamides is 1. The van der Waals surface area contributed by atoms with Crippen LogP contribution in [0.4, 0.5) is 10.8 Å². The van der Waals surface area contributed by atoms with E-state index in [4.69, 9.17) is 0 Å². The Labute approximate surface area is 190 Å². The quantitative estimate of drug-likeness (QED) is 0.279. The van der Waals surface area contributed by atoms with Gasteiger partial charge in [0.1, 0.15) is 0 Å². The first-order chi connectivity index (χ1) is 15.0. The predicted molar refractivity (Wildman–Crippen MR) is 123 cm³/mol. The highest BCUT2D eigenvalue weighted by molar-refractivity contribution is 8.00. The number of pyridine rings is 1. The van der Waals surface area contributed by atoms with Gasteiger partial charge >= 0.3 is 0 Å². The lowest BCUT2D eigenvalue weighted by molar-refractivity contribution is 0.102. The SMILES string of the molecule is O=C(Nc1nnc(SCc2cccs2)s1)c1ccc(S(=O)(=O)Nc2ccncc2)cc1. The van der Waals surface area contributed by atoms with E-state index in [0.717, 1.165) is 10.1 Å². The number of hydrogen-bond donors (Lipinski definition) is 2. The third-order valence-electron chi connectivity index (χ3n) is 3.90. The molecule has 158 valence electrons. The van der Waals surface area contributed by atoms with Gasteiger partial charge in [0, 0.05) is 28.6 Å². The number of amides is 1. The minimum atomic E-state index is -3.77. The molecule has 0 saturated carbocycles. The number of carbonyl (C=O) groups excluding carboxylic acids is 1. The Morgan fingerprint density at radius 3 is 2.52 bits per heavy atom. The number of aromatic nitrogens is 3. The highest BCUT2D eigenvalue weighted by Gasteiger charge is 2.16. The first kappa shape index (κ1) is 21.4. The van der Waals surface area contributed by atoms with E-state index in [1.54, 1.807) is 35.2 Å². The maximum Gasteiger partial charge on any atom is 0.261 e. The van der Waals surface area contributed by atoms with Gasteiger partial charge in [-0.1, -0.05) is 29.2 Å². The molecule has 0 unspecified atom stereocenters. The number of nitrogens with one attached hydrogen (secondary N) is 2. The number of thiophene rings is 1. The minimum absolute atomic E-state index is 0.0454. The van der Waals surface area contributed by atoms with Crippen molar-refractivity contribution in [2.45, 2.75) is 15.0 Å². The second kappa shape index (κ2) is 9.56. The van der Waals surface area contributed by atoms with Crippen LogP contribution in [0.25, 0.3) is 0 Å². The molecule has 0 aliphatic heterocycles. The summed E-state index contributed by atoms with van der Waals surface area (Å²) in [4.78, 5) is 17.6. The van der Waals surface area contributed by atoms with E-state index in [-0.39, 0.29) is 4.90 Å². The summed E-state index contributed by atoms with van der Waals surface area (Å²) in [6.07, 6.45) is 2.98. The van der Waals surface area contributed by atoms with Crippen molar-refractivity contribution < 1.29 is 13.2 Å². The summed E-state index contributed by atoms with van der Waals surface area (Å²) in [5.41, 5.74) is 0.715. The molecule has 0 bridgehead atoms. The van der Waals surface area contributed by atoms with E-state index in [1.807, 2.05) is 11.4 Å². The van der Waals surface area contributed by atoms with Crippen LogP contribution in [0.15, 0.2) is 75.5 Å². The van der Waals surface area contributed by atoms with Crippen molar-refractivity contribution in [2.75, 3.05) is 10.0 Å². The maximum atomic E-state index is 12.5. The fraction of sp³-hybridized carbons (Fsp3) is 0.0526. The maximum absolute atomic E-state index is 12.5. The molecule has 0 fully saturated rings. The Balaban J connectivity index is 1.37. The summed E-state index contributed by atoms with van der Waals surface area (Å²) in [7, 11) is -3.77. The summed E-state index contributed by atoms with van der Waals surface area (Å²) in [6.45, 7) is 0. The normalized spacial score (nSPS) is 11.2. The van der Waals surface area contributed by atoms with Gasteiger partial charge in [0.2, 0.25) is 5.13 Å². The van der Waals surface area contributed by atoms with Crippen molar-refractivity contribution >= 4 is 61.2 Å². The molecule has 0 spiro atoms. The van der Waals surface area contributed by atoms with Crippen LogP contribution in [0, 0.1) is 0 Å². The Kier molecular flexibility index (Phi) is 6.61. The molecular weight excluding hydrogens is 475 g/mol. The van der Waals surface area contributed by atoms with Crippen LogP contribution in [0.1, 0.15) is 15.2 Å². The van der Waals surface area contributed by atoms with E-state index in [2.05, 4.69) is 31.3 Å². The average Bonchev–Trinajstić information content (AvgIpc) is 3.45. The molecule has 0 saturated heterocycles. The lowest BCUT2D eigenvalue weighted by atomic mass is 10.2. The molecule has 4 rings (SSSR count). The molecule has 2 N–H and O–H groups in total. The first-order valence-electron chi connectivity index (χ1n) is 8.82. The second-order valence-electron chi connectivity index (χ2n) is 6.06. The molecule has 0 atom stereocenters. The van der Waals surface area contributed by atoms with Crippen molar-refractivity contribution in [3.8, 4) is 0 Å². The fourth-order valence-corrected chi connectivity index (χ4v) is 6.01. The number of hydrogen-bond acceptors (Lipinski definition) is 9. The molecule has 1 amide bonds. The molecular formula is C19H15N5O3S4. The molecule has 3 heterocycles. The summed E-state index contributed by atoms with van der Waals surface area (Å²) >= 11 is 4.52. The zero-order valence-corrected chi connectivity index (χ0v) is 19.0. The van der Waals surface area contributed by atoms with E-state index >= 15 is 0 Å². The van der Waals surface area contributed by atoms with Crippen molar-refractivity contribution in [1.29, 1.82) is 0 Å². The molecule has 0 aliphatic carbocycles. The van der Waals surface area contributed by atoms with Gasteiger partial charge in [-0.25, -0.2) is 8.42 Å². The van der Waals surface area contributed by atoms with Gasteiger partial charge in [0.05, 0.1) is 10.6 Å². The van der Waals surface area contributed by atoms with E-state index in [9.17, 15) is 13.2 Å². The van der Waals surface area contributed by atoms with Gasteiger partial charge in [-0.2, -0.15) is 0 Å². The second-order valence-corrected chi connectivity index (χ2v) is 11.0. The van der Waals surface area contributed by atoms with Crippen LogP contribution in [0.5, 0.6) is 0 Å². The Bertz CT molecular complexity index is 1260. The number of carbonyl (C=O) groups is 1. The summed E-state index contributed by atoms with van der Waals surface area (Å²) in [5.74, 6) is 0.404. The molecule has 31 heavy (non-hydrogen) atoms. The molecule has 3 aromatic heterocycles. The topological polar surface area (TPSA) is 114 Å². The van der Waals surface area contributed by atoms with Crippen LogP contribution in [0.2, 0.25) is 0 Å². The molecule has 12 heteroatoms. The first-order valence-corrected chi connectivity index (χ1v) is 13.0. The van der Waals surface area contributed by atoms with Crippen LogP contribution in [-0.4, -0.2) is 29.5 Å². The minimum Gasteiger partial charge on any atom is -0.296 e. The Morgan fingerprint density at radius 1 is 1.03 bits per heavy atom.